The van der Waals surface area contributed by atoms with Crippen LogP contribution in [0.3, 0.4) is 0 Å². The second-order valence-electron chi connectivity index (χ2n) is 3.91. The Morgan fingerprint density at radius 2 is 2.22 bits per heavy atom. The fourth-order valence-corrected chi connectivity index (χ4v) is 1.37. The van der Waals surface area contributed by atoms with Crippen LogP contribution in [0.25, 0.3) is 0 Å². The van der Waals surface area contributed by atoms with Gasteiger partial charge in [0.1, 0.15) is 0 Å². The third-order valence-electron chi connectivity index (χ3n) is 2.24. The molecule has 1 aromatic heterocycles. The molecule has 1 rings (SSSR count). The van der Waals surface area contributed by atoms with Gasteiger partial charge in [0.25, 0.3) is 0 Å². The molecule has 0 saturated carbocycles. The summed E-state index contributed by atoms with van der Waals surface area (Å²) < 4.78 is 10.5. The topological polar surface area (TPSA) is 90.6 Å². The van der Waals surface area contributed by atoms with Crippen LogP contribution in [0, 0.1) is 0 Å². The van der Waals surface area contributed by atoms with Crippen LogP contribution in [0.1, 0.15) is 24.2 Å². The lowest BCUT2D eigenvalue weighted by molar-refractivity contribution is -0.162. The van der Waals surface area contributed by atoms with Gasteiger partial charge in [-0.05, 0) is 13.8 Å². The first-order chi connectivity index (χ1) is 8.40. The van der Waals surface area contributed by atoms with E-state index in [1.807, 2.05) is 0 Å². The molecule has 1 N–H and O–H groups in total. The van der Waals surface area contributed by atoms with Crippen molar-refractivity contribution in [3.05, 3.63) is 18.0 Å². The van der Waals surface area contributed by atoms with E-state index in [-0.39, 0.29) is 18.7 Å². The van der Waals surface area contributed by atoms with E-state index in [0.29, 0.717) is 0 Å². The Hall–Kier alpha value is -1.89. The Morgan fingerprint density at radius 1 is 1.56 bits per heavy atom. The second kappa shape index (κ2) is 5.63. The second-order valence-corrected chi connectivity index (χ2v) is 3.91. The van der Waals surface area contributed by atoms with Gasteiger partial charge >= 0.3 is 11.9 Å². The summed E-state index contributed by atoms with van der Waals surface area (Å²) in [5.74, 6) is -1.27. The molecule has 0 amide bonds. The number of aliphatic hydroxyl groups is 1. The van der Waals surface area contributed by atoms with Crippen molar-refractivity contribution < 1.29 is 24.2 Å². The van der Waals surface area contributed by atoms with Gasteiger partial charge in [-0.3, -0.25) is 4.68 Å². The fraction of sp³-hybridized carbons (Fsp3) is 0.545. The Morgan fingerprint density at radius 3 is 2.78 bits per heavy atom. The number of hydrogen-bond acceptors (Lipinski definition) is 6. The number of aromatic nitrogens is 2. The highest BCUT2D eigenvalue weighted by atomic mass is 16.5. The first-order valence-electron chi connectivity index (χ1n) is 5.41. The van der Waals surface area contributed by atoms with Gasteiger partial charge in [0.2, 0.25) is 0 Å². The van der Waals surface area contributed by atoms with E-state index >= 15 is 0 Å². The predicted octanol–water partition coefficient (Wildman–Crippen LogP) is -0.0162. The first kappa shape index (κ1) is 14.2. The molecular formula is C11H16N2O5. The summed E-state index contributed by atoms with van der Waals surface area (Å²) >= 11 is 0. The van der Waals surface area contributed by atoms with Crippen molar-refractivity contribution in [3.8, 4) is 0 Å². The van der Waals surface area contributed by atoms with E-state index in [2.05, 4.69) is 9.84 Å². The first-order valence-corrected chi connectivity index (χ1v) is 5.41. The maximum atomic E-state index is 11.4. The molecule has 7 heteroatoms. The molecule has 1 aromatic rings. The predicted molar refractivity (Wildman–Crippen MR) is 60.8 cm³/mol. The van der Waals surface area contributed by atoms with Crippen molar-refractivity contribution in [2.75, 3.05) is 13.7 Å². The maximum Gasteiger partial charge on any atom is 0.341 e. The molecule has 0 aliphatic carbocycles. The Balaban J connectivity index is 2.75. The zero-order valence-electron chi connectivity index (χ0n) is 10.5. The summed E-state index contributed by atoms with van der Waals surface area (Å²) in [5.41, 5.74) is -1.44. The SMILES string of the molecule is CCOC(=O)c1cnn(CC(C)(O)C(=O)OC)c1. The van der Waals surface area contributed by atoms with Gasteiger partial charge in [0, 0.05) is 6.20 Å². The van der Waals surface area contributed by atoms with Gasteiger partial charge in [-0.1, -0.05) is 0 Å². The summed E-state index contributed by atoms with van der Waals surface area (Å²) in [4.78, 5) is 22.7. The highest BCUT2D eigenvalue weighted by Gasteiger charge is 2.32. The molecule has 0 aromatic carbocycles. The zero-order valence-corrected chi connectivity index (χ0v) is 10.5. The van der Waals surface area contributed by atoms with Crippen LogP contribution >= 0.6 is 0 Å². The summed E-state index contributed by atoms with van der Waals surface area (Å²) in [6.07, 6.45) is 2.71. The number of esters is 2. The minimum absolute atomic E-state index is 0.112. The molecule has 100 valence electrons. The minimum atomic E-state index is -1.70. The number of carbonyl (C=O) groups excluding carboxylic acids is 2. The van der Waals surface area contributed by atoms with Crippen LogP contribution < -0.4 is 0 Å². The van der Waals surface area contributed by atoms with Crippen LogP contribution in [0.15, 0.2) is 12.4 Å². The lowest BCUT2D eigenvalue weighted by Gasteiger charge is -2.19. The van der Waals surface area contributed by atoms with Crippen LogP contribution in [-0.4, -0.2) is 46.1 Å². The van der Waals surface area contributed by atoms with Crippen molar-refractivity contribution in [1.29, 1.82) is 0 Å². The van der Waals surface area contributed by atoms with Gasteiger partial charge in [-0.25, -0.2) is 9.59 Å². The van der Waals surface area contributed by atoms with Crippen LogP contribution in [-0.2, 0) is 20.8 Å². The van der Waals surface area contributed by atoms with Crippen molar-refractivity contribution in [1.82, 2.24) is 9.78 Å². The molecule has 0 saturated heterocycles. The fourth-order valence-electron chi connectivity index (χ4n) is 1.37. The molecule has 0 fully saturated rings. The van der Waals surface area contributed by atoms with Gasteiger partial charge < -0.3 is 14.6 Å². The molecule has 1 atom stereocenters. The number of hydrogen-bond donors (Lipinski definition) is 1. The number of rotatable bonds is 5. The Labute approximate surface area is 104 Å². The van der Waals surface area contributed by atoms with Crippen molar-refractivity contribution in [3.63, 3.8) is 0 Å². The van der Waals surface area contributed by atoms with E-state index in [1.165, 1.54) is 31.1 Å². The standard InChI is InChI=1S/C11H16N2O5/c1-4-18-9(14)8-5-12-13(6-8)7-11(2,16)10(15)17-3/h5-6,16H,4,7H2,1-3H3. The summed E-state index contributed by atoms with van der Waals surface area (Å²) in [6, 6.07) is 0. The largest absolute Gasteiger partial charge is 0.467 e. The monoisotopic (exact) mass is 256 g/mol. The van der Waals surface area contributed by atoms with Crippen molar-refractivity contribution in [2.24, 2.45) is 0 Å². The average molecular weight is 256 g/mol. The molecule has 7 nitrogen and oxygen atoms in total. The lowest BCUT2D eigenvalue weighted by atomic mass is 10.1. The maximum absolute atomic E-state index is 11.4. The summed E-state index contributed by atoms with van der Waals surface area (Å²) in [7, 11) is 1.18. The summed E-state index contributed by atoms with van der Waals surface area (Å²) in [5, 5.41) is 13.7. The third-order valence-corrected chi connectivity index (χ3v) is 2.24. The zero-order chi connectivity index (χ0) is 13.8. The molecule has 0 aliphatic heterocycles. The van der Waals surface area contributed by atoms with Crippen molar-refractivity contribution in [2.45, 2.75) is 26.0 Å². The van der Waals surface area contributed by atoms with E-state index in [4.69, 9.17) is 4.74 Å². The van der Waals surface area contributed by atoms with E-state index in [9.17, 15) is 14.7 Å². The molecule has 1 heterocycles. The molecule has 18 heavy (non-hydrogen) atoms. The molecule has 1 unspecified atom stereocenters. The van der Waals surface area contributed by atoms with Crippen LogP contribution in [0.4, 0.5) is 0 Å². The number of carbonyl (C=O) groups is 2. The highest BCUT2D eigenvalue weighted by Crippen LogP contribution is 2.10. The third kappa shape index (κ3) is 3.30. The van der Waals surface area contributed by atoms with E-state index in [0.717, 1.165) is 0 Å². The Kier molecular flexibility index (Phi) is 4.43. The molecule has 0 aliphatic rings. The summed E-state index contributed by atoms with van der Waals surface area (Å²) in [6.45, 7) is 3.16. The number of methoxy groups -OCH3 is 1. The Bertz CT molecular complexity index is 438. The van der Waals surface area contributed by atoms with Crippen LogP contribution in [0.5, 0.6) is 0 Å². The smallest absolute Gasteiger partial charge is 0.341 e. The van der Waals surface area contributed by atoms with E-state index < -0.39 is 17.5 Å². The normalized spacial score (nSPS) is 13.8. The molecular weight excluding hydrogens is 240 g/mol. The lowest BCUT2D eigenvalue weighted by Crippen LogP contribution is -2.40. The number of ether oxygens (including phenoxy) is 2. The average Bonchev–Trinajstić information content (AvgIpc) is 2.76. The number of nitrogens with zero attached hydrogens (tertiary/aromatic N) is 2. The minimum Gasteiger partial charge on any atom is -0.467 e. The molecule has 0 spiro atoms. The van der Waals surface area contributed by atoms with E-state index in [1.54, 1.807) is 6.92 Å². The van der Waals surface area contributed by atoms with Gasteiger partial charge in [0.15, 0.2) is 5.60 Å². The molecule has 0 radical (unpaired) electrons. The van der Waals surface area contributed by atoms with Gasteiger partial charge in [-0.15, -0.1) is 0 Å². The highest BCUT2D eigenvalue weighted by molar-refractivity contribution is 5.88. The van der Waals surface area contributed by atoms with Gasteiger partial charge in [0.05, 0.1) is 32.0 Å². The molecule has 0 bridgehead atoms. The van der Waals surface area contributed by atoms with Crippen LogP contribution in [0.2, 0.25) is 0 Å². The quantitative estimate of drug-likeness (QED) is 0.745. The van der Waals surface area contributed by atoms with Crippen molar-refractivity contribution >= 4 is 11.9 Å². The van der Waals surface area contributed by atoms with Gasteiger partial charge in [-0.2, -0.15) is 5.10 Å².